The van der Waals surface area contributed by atoms with Gasteiger partial charge in [0.05, 0.1) is 5.75 Å². The summed E-state index contributed by atoms with van der Waals surface area (Å²) >= 11 is 0. The first-order valence-electron chi connectivity index (χ1n) is 5.87. The summed E-state index contributed by atoms with van der Waals surface area (Å²) in [5.41, 5.74) is 4.94. The number of rotatable bonds is 6. The lowest BCUT2D eigenvalue weighted by Gasteiger charge is -2.14. The Morgan fingerprint density at radius 3 is 1.95 bits per heavy atom. The molecule has 0 aromatic rings. The molecule has 19 heavy (non-hydrogen) atoms. The minimum Gasteiger partial charge on any atom is -0.480 e. The summed E-state index contributed by atoms with van der Waals surface area (Å²) in [6, 6.07) is -0.748. The topological polar surface area (TPSA) is 127 Å². The monoisotopic (exact) mass is 296 g/mol. The van der Waals surface area contributed by atoms with Gasteiger partial charge in [-0.05, 0) is 12.3 Å². The maximum absolute atomic E-state index is 10.6. The molecule has 0 spiro atoms. The van der Waals surface area contributed by atoms with Gasteiger partial charge in [0.2, 0.25) is 5.91 Å². The van der Waals surface area contributed by atoms with Gasteiger partial charge in [0, 0.05) is 19.7 Å². The second kappa shape index (κ2) is 9.74. The van der Waals surface area contributed by atoms with Crippen molar-refractivity contribution in [3.63, 3.8) is 0 Å². The molecule has 7 nitrogen and oxygen atoms in total. The molecule has 1 unspecified atom stereocenters. The largest absolute Gasteiger partial charge is 0.480 e. The Bertz CT molecular complexity index is 379. The van der Waals surface area contributed by atoms with Gasteiger partial charge in [-0.1, -0.05) is 13.8 Å². The van der Waals surface area contributed by atoms with E-state index in [0.29, 0.717) is 6.42 Å². The molecule has 0 bridgehead atoms. The number of carbonyl (C=O) groups is 2. The van der Waals surface area contributed by atoms with Crippen LogP contribution in [0.25, 0.3) is 0 Å². The molecule has 0 aliphatic heterocycles. The Balaban J connectivity index is 0. The zero-order valence-corrected chi connectivity index (χ0v) is 12.7. The average Bonchev–Trinajstić information content (AvgIpc) is 2.13. The van der Waals surface area contributed by atoms with Crippen LogP contribution < -0.4 is 11.1 Å². The van der Waals surface area contributed by atoms with E-state index in [1.807, 2.05) is 13.8 Å². The number of carboxylic acid groups (broad SMARTS) is 1. The van der Waals surface area contributed by atoms with Crippen LogP contribution in [0, 0.1) is 5.92 Å². The number of carboxylic acids is 1. The summed E-state index contributed by atoms with van der Waals surface area (Å²) in [7, 11) is -2.80. The van der Waals surface area contributed by atoms with Gasteiger partial charge in [-0.25, -0.2) is 13.2 Å². The van der Waals surface area contributed by atoms with E-state index in [1.165, 1.54) is 13.2 Å². The van der Waals surface area contributed by atoms with Crippen molar-refractivity contribution in [1.29, 1.82) is 0 Å². The molecule has 114 valence electrons. The van der Waals surface area contributed by atoms with Crippen LogP contribution in [-0.4, -0.2) is 50.0 Å². The highest BCUT2D eigenvalue weighted by Gasteiger charge is 2.18. The van der Waals surface area contributed by atoms with Crippen LogP contribution >= 0.6 is 0 Å². The first kappa shape index (κ1) is 20.2. The van der Waals surface area contributed by atoms with Crippen LogP contribution in [0.4, 0.5) is 0 Å². The average molecular weight is 296 g/mol. The van der Waals surface area contributed by atoms with Crippen molar-refractivity contribution in [2.24, 2.45) is 11.7 Å². The Morgan fingerprint density at radius 2 is 1.79 bits per heavy atom. The van der Waals surface area contributed by atoms with Crippen molar-refractivity contribution in [1.82, 2.24) is 5.32 Å². The second-order valence-electron chi connectivity index (χ2n) is 4.64. The highest BCUT2D eigenvalue weighted by atomic mass is 32.2. The van der Waals surface area contributed by atoms with Crippen molar-refractivity contribution < 1.29 is 23.1 Å². The summed E-state index contributed by atoms with van der Waals surface area (Å²) in [5.74, 6) is -0.924. The van der Waals surface area contributed by atoms with Crippen LogP contribution in [-0.2, 0) is 19.4 Å². The number of nitrogens with one attached hydrogen (secondary N) is 1. The Labute approximate surface area is 114 Å². The van der Waals surface area contributed by atoms with Gasteiger partial charge in [-0.2, -0.15) is 0 Å². The summed E-state index contributed by atoms with van der Waals surface area (Å²) in [6.45, 7) is 5.37. The van der Waals surface area contributed by atoms with Gasteiger partial charge in [-0.15, -0.1) is 0 Å². The van der Waals surface area contributed by atoms with Gasteiger partial charge in [0.25, 0.3) is 0 Å². The van der Waals surface area contributed by atoms with E-state index >= 15 is 0 Å². The predicted octanol–water partition coefficient (Wildman–Crippen LogP) is -0.388. The van der Waals surface area contributed by atoms with Gasteiger partial charge in [0.15, 0.2) is 0 Å². The Morgan fingerprint density at radius 1 is 1.32 bits per heavy atom. The third-order valence-electron chi connectivity index (χ3n) is 1.87. The van der Waals surface area contributed by atoms with E-state index in [2.05, 4.69) is 5.32 Å². The quantitative estimate of drug-likeness (QED) is 0.613. The van der Waals surface area contributed by atoms with Crippen LogP contribution in [0.5, 0.6) is 0 Å². The van der Waals surface area contributed by atoms with E-state index in [9.17, 15) is 18.0 Å². The van der Waals surface area contributed by atoms with Gasteiger partial charge < -0.3 is 16.2 Å². The SMILES string of the molecule is CC(=O)NC(CC(C)C)C(=O)O.CS(=O)(=O)CCN. The lowest BCUT2D eigenvalue weighted by atomic mass is 10.0. The molecule has 0 fully saturated rings. The zero-order chi connectivity index (χ0) is 15.6. The molecule has 0 saturated carbocycles. The fraction of sp³-hybridized carbons (Fsp3) is 0.818. The predicted molar refractivity (Wildman–Crippen MR) is 73.5 cm³/mol. The summed E-state index contributed by atoms with van der Waals surface area (Å²) in [4.78, 5) is 21.1. The summed E-state index contributed by atoms with van der Waals surface area (Å²) in [6.07, 6.45) is 1.63. The summed E-state index contributed by atoms with van der Waals surface area (Å²) < 4.78 is 20.3. The van der Waals surface area contributed by atoms with E-state index in [1.54, 1.807) is 0 Å². The summed E-state index contributed by atoms with van der Waals surface area (Å²) in [5, 5.41) is 11.0. The molecule has 0 heterocycles. The molecule has 0 aliphatic carbocycles. The lowest BCUT2D eigenvalue weighted by Crippen LogP contribution is -2.40. The molecule has 0 aromatic heterocycles. The molecule has 0 aliphatic rings. The molecule has 0 rings (SSSR count). The standard InChI is InChI=1S/C8H15NO3.C3H9NO2S/c1-5(2)4-7(8(11)12)9-6(3)10;1-7(5,6)3-2-4/h5,7H,4H2,1-3H3,(H,9,10)(H,11,12);2-4H2,1H3. The first-order chi connectivity index (χ1) is 8.49. The van der Waals surface area contributed by atoms with Crippen molar-refractivity contribution in [3.8, 4) is 0 Å². The molecule has 4 N–H and O–H groups in total. The molecular formula is C11H24N2O5S. The van der Waals surface area contributed by atoms with Crippen molar-refractivity contribution >= 4 is 21.7 Å². The fourth-order valence-electron chi connectivity index (χ4n) is 1.15. The lowest BCUT2D eigenvalue weighted by molar-refractivity contribution is -0.142. The van der Waals surface area contributed by atoms with Crippen molar-refractivity contribution in [2.75, 3.05) is 18.6 Å². The molecule has 8 heteroatoms. The number of sulfone groups is 1. The smallest absolute Gasteiger partial charge is 0.326 e. The van der Waals surface area contributed by atoms with Crippen LogP contribution in [0.2, 0.25) is 0 Å². The number of amides is 1. The van der Waals surface area contributed by atoms with Gasteiger partial charge >= 0.3 is 5.97 Å². The highest BCUT2D eigenvalue weighted by molar-refractivity contribution is 7.90. The van der Waals surface area contributed by atoms with Gasteiger partial charge in [-0.3, -0.25) is 4.79 Å². The zero-order valence-electron chi connectivity index (χ0n) is 11.8. The third-order valence-corrected chi connectivity index (χ3v) is 2.85. The third kappa shape index (κ3) is 16.9. The maximum atomic E-state index is 10.6. The number of nitrogens with two attached hydrogens (primary N) is 1. The van der Waals surface area contributed by atoms with E-state index in [4.69, 9.17) is 10.8 Å². The molecule has 0 radical (unpaired) electrons. The normalized spacial score (nSPS) is 12.3. The fourth-order valence-corrected chi connectivity index (χ4v) is 1.58. The number of hydrogen-bond acceptors (Lipinski definition) is 5. The minimum atomic E-state index is -2.80. The molecule has 0 aromatic carbocycles. The molecule has 0 saturated heterocycles. The number of aliphatic carboxylic acids is 1. The van der Waals surface area contributed by atoms with E-state index < -0.39 is 21.8 Å². The number of hydrogen-bond donors (Lipinski definition) is 3. The van der Waals surface area contributed by atoms with Crippen molar-refractivity contribution in [3.05, 3.63) is 0 Å². The molecular weight excluding hydrogens is 272 g/mol. The first-order valence-corrected chi connectivity index (χ1v) is 7.93. The van der Waals surface area contributed by atoms with E-state index in [0.717, 1.165) is 0 Å². The van der Waals surface area contributed by atoms with Crippen molar-refractivity contribution in [2.45, 2.75) is 33.2 Å². The second-order valence-corrected chi connectivity index (χ2v) is 6.90. The Kier molecular flexibility index (Phi) is 10.3. The maximum Gasteiger partial charge on any atom is 0.326 e. The van der Waals surface area contributed by atoms with Crippen LogP contribution in [0.1, 0.15) is 27.2 Å². The minimum absolute atomic E-state index is 0.0903. The highest BCUT2D eigenvalue weighted by Crippen LogP contribution is 2.04. The number of carbonyl (C=O) groups excluding carboxylic acids is 1. The molecule has 1 amide bonds. The molecule has 1 atom stereocenters. The van der Waals surface area contributed by atoms with Gasteiger partial charge in [0.1, 0.15) is 15.9 Å². The van der Waals surface area contributed by atoms with Crippen LogP contribution in [0.3, 0.4) is 0 Å². The van der Waals surface area contributed by atoms with Crippen LogP contribution in [0.15, 0.2) is 0 Å². The van der Waals surface area contributed by atoms with E-state index in [-0.39, 0.29) is 24.1 Å². The Hall–Kier alpha value is -1.15.